The molecule has 0 radical (unpaired) electrons. The summed E-state index contributed by atoms with van der Waals surface area (Å²) in [5.74, 6) is 1.29. The highest BCUT2D eigenvalue weighted by Crippen LogP contribution is 2.24. The third-order valence-electron chi connectivity index (χ3n) is 2.29. The van der Waals surface area contributed by atoms with Crippen molar-refractivity contribution in [2.45, 2.75) is 25.6 Å². The number of ether oxygens (including phenoxy) is 2. The third kappa shape index (κ3) is 5.75. The van der Waals surface area contributed by atoms with Crippen LogP contribution in [0.5, 0.6) is 5.75 Å². The summed E-state index contributed by atoms with van der Waals surface area (Å²) in [6.45, 7) is 4.14. The maximum absolute atomic E-state index is 5.85. The second-order valence-corrected chi connectivity index (χ2v) is 4.88. The standard InChI is InChI=1S/C13H18BrClO2/c1-2-3-6-16-7-8-17-13-5-4-12(14)9-11(13)10-15/h4-5,9H,2-3,6-8,10H2,1H3. The summed E-state index contributed by atoms with van der Waals surface area (Å²) in [7, 11) is 0. The zero-order chi connectivity index (χ0) is 12.5. The van der Waals surface area contributed by atoms with Gasteiger partial charge in [-0.05, 0) is 24.6 Å². The SMILES string of the molecule is CCCCOCCOc1ccc(Br)cc1CCl. The molecule has 0 aliphatic carbocycles. The summed E-state index contributed by atoms with van der Waals surface area (Å²) in [5, 5.41) is 0. The third-order valence-corrected chi connectivity index (χ3v) is 3.08. The Hall–Kier alpha value is -0.250. The zero-order valence-corrected chi connectivity index (χ0v) is 12.4. The molecule has 17 heavy (non-hydrogen) atoms. The van der Waals surface area contributed by atoms with Crippen LogP contribution in [0.3, 0.4) is 0 Å². The van der Waals surface area contributed by atoms with Gasteiger partial charge in [0, 0.05) is 16.6 Å². The monoisotopic (exact) mass is 320 g/mol. The molecule has 96 valence electrons. The van der Waals surface area contributed by atoms with Crippen molar-refractivity contribution < 1.29 is 9.47 Å². The fourth-order valence-electron chi connectivity index (χ4n) is 1.35. The summed E-state index contributed by atoms with van der Waals surface area (Å²) in [6.07, 6.45) is 2.26. The van der Waals surface area contributed by atoms with Crippen LogP contribution in [0.25, 0.3) is 0 Å². The van der Waals surface area contributed by atoms with Crippen LogP contribution in [-0.2, 0) is 10.6 Å². The van der Waals surface area contributed by atoms with Gasteiger partial charge in [0.25, 0.3) is 0 Å². The largest absolute Gasteiger partial charge is 0.491 e. The molecule has 4 heteroatoms. The quantitative estimate of drug-likeness (QED) is 0.522. The summed E-state index contributed by atoms with van der Waals surface area (Å²) in [5.41, 5.74) is 0.995. The van der Waals surface area contributed by atoms with Crippen molar-refractivity contribution in [1.82, 2.24) is 0 Å². The lowest BCUT2D eigenvalue weighted by Gasteiger charge is -2.10. The molecule has 0 aliphatic rings. The van der Waals surface area contributed by atoms with Crippen molar-refractivity contribution in [2.24, 2.45) is 0 Å². The molecule has 0 heterocycles. The van der Waals surface area contributed by atoms with Crippen LogP contribution in [0.1, 0.15) is 25.3 Å². The molecule has 0 N–H and O–H groups in total. The Kier molecular flexibility index (Phi) is 7.65. The minimum atomic E-state index is 0.450. The fraction of sp³-hybridized carbons (Fsp3) is 0.538. The van der Waals surface area contributed by atoms with Crippen LogP contribution in [0.4, 0.5) is 0 Å². The van der Waals surface area contributed by atoms with Crippen LogP contribution in [0.15, 0.2) is 22.7 Å². The Labute approximate surface area is 116 Å². The van der Waals surface area contributed by atoms with Gasteiger partial charge in [-0.1, -0.05) is 29.3 Å². The Morgan fingerprint density at radius 3 is 2.76 bits per heavy atom. The highest BCUT2D eigenvalue weighted by Gasteiger charge is 2.03. The van der Waals surface area contributed by atoms with E-state index in [0.29, 0.717) is 19.1 Å². The molecule has 0 bridgehead atoms. The van der Waals surface area contributed by atoms with E-state index in [9.17, 15) is 0 Å². The van der Waals surface area contributed by atoms with Crippen molar-refractivity contribution in [3.63, 3.8) is 0 Å². The summed E-state index contributed by atoms with van der Waals surface area (Å²) in [4.78, 5) is 0. The van der Waals surface area contributed by atoms with E-state index in [4.69, 9.17) is 21.1 Å². The second kappa shape index (κ2) is 8.78. The van der Waals surface area contributed by atoms with Crippen molar-refractivity contribution in [3.05, 3.63) is 28.2 Å². The van der Waals surface area contributed by atoms with Crippen molar-refractivity contribution in [3.8, 4) is 5.75 Å². The smallest absolute Gasteiger partial charge is 0.123 e. The minimum Gasteiger partial charge on any atom is -0.491 e. The number of rotatable bonds is 8. The predicted molar refractivity (Wildman–Crippen MR) is 74.9 cm³/mol. The fourth-order valence-corrected chi connectivity index (χ4v) is 1.97. The average molecular weight is 322 g/mol. The highest BCUT2D eigenvalue weighted by atomic mass is 79.9. The molecule has 0 saturated carbocycles. The van der Waals surface area contributed by atoms with Gasteiger partial charge in [-0.25, -0.2) is 0 Å². The topological polar surface area (TPSA) is 18.5 Å². The van der Waals surface area contributed by atoms with Gasteiger partial charge in [-0.15, -0.1) is 11.6 Å². The lowest BCUT2D eigenvalue weighted by Crippen LogP contribution is -2.08. The lowest BCUT2D eigenvalue weighted by atomic mass is 10.2. The van der Waals surface area contributed by atoms with Crippen LogP contribution in [0.2, 0.25) is 0 Å². The van der Waals surface area contributed by atoms with Gasteiger partial charge in [0.05, 0.1) is 12.5 Å². The van der Waals surface area contributed by atoms with Gasteiger partial charge in [0.15, 0.2) is 0 Å². The zero-order valence-electron chi connectivity index (χ0n) is 10.0. The van der Waals surface area contributed by atoms with Crippen LogP contribution < -0.4 is 4.74 Å². The van der Waals surface area contributed by atoms with Crippen molar-refractivity contribution in [1.29, 1.82) is 0 Å². The number of alkyl halides is 1. The van der Waals surface area contributed by atoms with Crippen LogP contribution in [-0.4, -0.2) is 19.8 Å². The minimum absolute atomic E-state index is 0.450. The molecule has 0 aromatic heterocycles. The first-order valence-corrected chi connectivity index (χ1v) is 7.15. The molecule has 0 fully saturated rings. The molecule has 1 aromatic rings. The van der Waals surface area contributed by atoms with Crippen molar-refractivity contribution >= 4 is 27.5 Å². The summed E-state index contributed by atoms with van der Waals surface area (Å²) < 4.78 is 12.1. The number of hydrogen-bond donors (Lipinski definition) is 0. The van der Waals surface area contributed by atoms with Gasteiger partial charge < -0.3 is 9.47 Å². The van der Waals surface area contributed by atoms with E-state index in [1.165, 1.54) is 0 Å². The molecule has 0 aliphatic heterocycles. The maximum Gasteiger partial charge on any atom is 0.123 e. The molecule has 0 atom stereocenters. The van der Waals surface area contributed by atoms with Crippen LogP contribution >= 0.6 is 27.5 Å². The Balaban J connectivity index is 2.31. The first-order valence-electron chi connectivity index (χ1n) is 5.83. The van der Waals surface area contributed by atoms with Gasteiger partial charge in [-0.3, -0.25) is 0 Å². The van der Waals surface area contributed by atoms with Gasteiger partial charge in [0.1, 0.15) is 12.4 Å². The lowest BCUT2D eigenvalue weighted by molar-refractivity contribution is 0.0978. The molecule has 2 nitrogen and oxygen atoms in total. The number of benzene rings is 1. The van der Waals surface area contributed by atoms with E-state index in [0.717, 1.165) is 35.2 Å². The number of hydrogen-bond acceptors (Lipinski definition) is 2. The van der Waals surface area contributed by atoms with Crippen molar-refractivity contribution in [2.75, 3.05) is 19.8 Å². The highest BCUT2D eigenvalue weighted by molar-refractivity contribution is 9.10. The summed E-state index contributed by atoms with van der Waals surface area (Å²) >= 11 is 9.26. The molecule has 0 unspecified atom stereocenters. The Morgan fingerprint density at radius 1 is 1.24 bits per heavy atom. The Bertz CT molecular complexity index is 331. The maximum atomic E-state index is 5.85. The Morgan fingerprint density at radius 2 is 2.06 bits per heavy atom. The van der Waals surface area contributed by atoms with E-state index >= 15 is 0 Å². The molecular formula is C13H18BrClO2. The van der Waals surface area contributed by atoms with E-state index in [2.05, 4.69) is 22.9 Å². The molecular weight excluding hydrogens is 303 g/mol. The average Bonchev–Trinajstić information content (AvgIpc) is 2.35. The molecule has 0 saturated heterocycles. The van der Waals surface area contributed by atoms with Crippen LogP contribution in [0, 0.1) is 0 Å². The van der Waals surface area contributed by atoms with E-state index in [1.807, 2.05) is 18.2 Å². The van der Waals surface area contributed by atoms with E-state index < -0.39 is 0 Å². The van der Waals surface area contributed by atoms with E-state index in [1.54, 1.807) is 0 Å². The van der Waals surface area contributed by atoms with E-state index in [-0.39, 0.29) is 0 Å². The first kappa shape index (κ1) is 14.8. The number of halogens is 2. The molecule has 0 spiro atoms. The van der Waals surface area contributed by atoms with Gasteiger partial charge in [-0.2, -0.15) is 0 Å². The first-order chi connectivity index (χ1) is 8.27. The molecule has 1 rings (SSSR count). The second-order valence-electron chi connectivity index (χ2n) is 3.70. The van der Waals surface area contributed by atoms with Gasteiger partial charge in [0.2, 0.25) is 0 Å². The van der Waals surface area contributed by atoms with Gasteiger partial charge >= 0.3 is 0 Å². The predicted octanol–water partition coefficient (Wildman–Crippen LogP) is 4.38. The molecule has 1 aromatic carbocycles. The summed E-state index contributed by atoms with van der Waals surface area (Å²) in [6, 6.07) is 5.84. The number of unbranched alkanes of at least 4 members (excludes halogenated alkanes) is 1. The molecule has 0 amide bonds. The normalized spacial score (nSPS) is 10.5.